The average Bonchev–Trinajstić information content (AvgIpc) is 2.43. The number of nitrogens with two attached hydrogens (primary N) is 1. The van der Waals surface area contributed by atoms with Gasteiger partial charge < -0.3 is 10.7 Å². The lowest BCUT2D eigenvalue weighted by atomic mass is 10.2. The van der Waals surface area contributed by atoms with Gasteiger partial charge in [-0.2, -0.15) is 0 Å². The summed E-state index contributed by atoms with van der Waals surface area (Å²) >= 11 is 0. The minimum absolute atomic E-state index is 0.140. The van der Waals surface area contributed by atoms with Gasteiger partial charge in [0.15, 0.2) is 0 Å². The quantitative estimate of drug-likeness (QED) is 0.594. The van der Waals surface area contributed by atoms with Gasteiger partial charge in [0.05, 0.1) is 5.69 Å². The summed E-state index contributed by atoms with van der Waals surface area (Å²) in [6.07, 6.45) is 0. The third-order valence-corrected chi connectivity index (χ3v) is 3.19. The largest absolute Gasteiger partial charge is 0.337 e. The predicted molar refractivity (Wildman–Crippen MR) is 83.1 cm³/mol. The monoisotopic (exact) mass is 289 g/mol. The molecule has 2 rings (SSSR count). The van der Waals surface area contributed by atoms with Crippen molar-refractivity contribution in [2.45, 2.75) is 33.6 Å². The molecule has 0 atom stereocenters. The molecule has 1 aromatic carbocycles. The van der Waals surface area contributed by atoms with Crippen LogP contribution in [0.15, 0.2) is 18.2 Å². The minimum atomic E-state index is -0.318. The molecule has 0 bridgehead atoms. The van der Waals surface area contributed by atoms with Crippen molar-refractivity contribution in [1.29, 1.82) is 0 Å². The fourth-order valence-corrected chi connectivity index (χ4v) is 1.90. The number of aryl methyl sites for hydroxylation is 1. The molecule has 0 fully saturated rings. The number of nitrogens with zero attached hydrogens (tertiary/aromatic N) is 2. The molecule has 0 saturated carbocycles. The molecule has 0 spiro atoms. The van der Waals surface area contributed by atoms with Crippen LogP contribution in [0.25, 0.3) is 0 Å². The van der Waals surface area contributed by atoms with Crippen LogP contribution in [0.3, 0.4) is 0 Å². The lowest BCUT2D eigenvalue weighted by Gasteiger charge is -2.15. The normalized spacial score (nSPS) is 10.8. The molecule has 0 amide bonds. The van der Waals surface area contributed by atoms with E-state index >= 15 is 0 Å². The summed E-state index contributed by atoms with van der Waals surface area (Å²) in [6, 6.07) is 5.01. The van der Waals surface area contributed by atoms with Gasteiger partial charge in [-0.15, -0.1) is 0 Å². The van der Waals surface area contributed by atoms with Gasteiger partial charge in [-0.25, -0.2) is 20.2 Å². The van der Waals surface area contributed by atoms with E-state index in [1.54, 1.807) is 6.07 Å². The highest BCUT2D eigenvalue weighted by Gasteiger charge is 2.14. The van der Waals surface area contributed by atoms with Gasteiger partial charge in [0.1, 0.15) is 23.3 Å². The molecule has 0 aliphatic rings. The van der Waals surface area contributed by atoms with Gasteiger partial charge >= 0.3 is 0 Å². The fourth-order valence-electron chi connectivity index (χ4n) is 1.90. The standard InChI is InChI=1S/C15H20FN5/c1-8(2)13-19-14(10(4)15(20-13)21-17)18-12-6-5-9(3)7-11(12)16/h5-8H,17H2,1-4H3,(H2,18,19,20,21). The van der Waals surface area contributed by atoms with Crippen LogP contribution in [0.1, 0.15) is 36.7 Å². The van der Waals surface area contributed by atoms with Crippen molar-refractivity contribution in [3.63, 3.8) is 0 Å². The Hall–Kier alpha value is -2.21. The summed E-state index contributed by atoms with van der Waals surface area (Å²) < 4.78 is 14.0. The zero-order valence-electron chi connectivity index (χ0n) is 12.7. The Morgan fingerprint density at radius 2 is 1.81 bits per heavy atom. The van der Waals surface area contributed by atoms with E-state index in [4.69, 9.17) is 5.84 Å². The third-order valence-electron chi connectivity index (χ3n) is 3.19. The molecule has 5 nitrogen and oxygen atoms in total. The molecule has 4 N–H and O–H groups in total. The SMILES string of the molecule is Cc1ccc(Nc2nc(C(C)C)nc(NN)c2C)c(F)c1. The van der Waals surface area contributed by atoms with Crippen molar-refractivity contribution < 1.29 is 4.39 Å². The minimum Gasteiger partial charge on any atom is -0.337 e. The van der Waals surface area contributed by atoms with Crippen molar-refractivity contribution in [3.05, 3.63) is 41.0 Å². The van der Waals surface area contributed by atoms with Crippen LogP contribution >= 0.6 is 0 Å². The zero-order valence-corrected chi connectivity index (χ0v) is 12.7. The first-order valence-electron chi connectivity index (χ1n) is 6.80. The highest BCUT2D eigenvalue weighted by Crippen LogP contribution is 2.26. The Morgan fingerprint density at radius 3 is 2.38 bits per heavy atom. The van der Waals surface area contributed by atoms with Crippen LogP contribution in [-0.4, -0.2) is 9.97 Å². The van der Waals surface area contributed by atoms with Gasteiger partial charge in [-0.05, 0) is 31.5 Å². The highest BCUT2D eigenvalue weighted by molar-refractivity contribution is 5.65. The lowest BCUT2D eigenvalue weighted by Crippen LogP contribution is -2.14. The first-order chi connectivity index (χ1) is 9.92. The van der Waals surface area contributed by atoms with E-state index in [1.807, 2.05) is 33.8 Å². The number of rotatable bonds is 4. The van der Waals surface area contributed by atoms with Crippen molar-refractivity contribution in [2.24, 2.45) is 5.84 Å². The van der Waals surface area contributed by atoms with Gasteiger partial charge in [0.25, 0.3) is 0 Å². The van der Waals surface area contributed by atoms with E-state index in [-0.39, 0.29) is 11.7 Å². The Bertz CT molecular complexity index is 655. The number of aromatic nitrogens is 2. The maximum absolute atomic E-state index is 14.0. The maximum atomic E-state index is 14.0. The van der Waals surface area contributed by atoms with E-state index in [2.05, 4.69) is 20.7 Å². The molecular weight excluding hydrogens is 269 g/mol. The second-order valence-electron chi connectivity index (χ2n) is 5.31. The summed E-state index contributed by atoms with van der Waals surface area (Å²) in [7, 11) is 0. The van der Waals surface area contributed by atoms with E-state index < -0.39 is 0 Å². The predicted octanol–water partition coefficient (Wildman–Crippen LogP) is 3.39. The number of halogens is 1. The maximum Gasteiger partial charge on any atom is 0.148 e. The molecule has 0 aliphatic carbocycles. The number of hydrogen-bond acceptors (Lipinski definition) is 5. The highest BCUT2D eigenvalue weighted by atomic mass is 19.1. The Balaban J connectivity index is 2.45. The Kier molecular flexibility index (Phi) is 4.37. The van der Waals surface area contributed by atoms with E-state index in [0.717, 1.165) is 11.1 Å². The number of hydrogen-bond donors (Lipinski definition) is 3. The Morgan fingerprint density at radius 1 is 1.14 bits per heavy atom. The number of benzene rings is 1. The number of anilines is 3. The van der Waals surface area contributed by atoms with Crippen molar-refractivity contribution >= 4 is 17.3 Å². The third kappa shape index (κ3) is 3.28. The molecular formula is C15H20FN5. The van der Waals surface area contributed by atoms with Gasteiger partial charge in [0.2, 0.25) is 0 Å². The second kappa shape index (κ2) is 6.05. The molecule has 0 radical (unpaired) electrons. The van der Waals surface area contributed by atoms with Crippen molar-refractivity contribution in [2.75, 3.05) is 10.7 Å². The Labute approximate surface area is 123 Å². The number of nitrogen functional groups attached to an aromatic ring is 1. The summed E-state index contributed by atoms with van der Waals surface area (Å²) in [5.74, 6) is 7.03. The smallest absolute Gasteiger partial charge is 0.148 e. The zero-order chi connectivity index (χ0) is 15.6. The van der Waals surface area contributed by atoms with Gasteiger partial charge in [-0.3, -0.25) is 0 Å². The molecule has 0 saturated heterocycles. The summed E-state index contributed by atoms with van der Waals surface area (Å²) in [5.41, 5.74) is 4.53. The van der Waals surface area contributed by atoms with Crippen LogP contribution in [0.4, 0.5) is 21.7 Å². The first kappa shape index (κ1) is 15.2. The van der Waals surface area contributed by atoms with E-state index in [1.165, 1.54) is 6.07 Å². The summed E-state index contributed by atoms with van der Waals surface area (Å²) in [4.78, 5) is 8.80. The van der Waals surface area contributed by atoms with Gasteiger partial charge in [0, 0.05) is 11.5 Å². The van der Waals surface area contributed by atoms with Crippen LogP contribution in [0.2, 0.25) is 0 Å². The van der Waals surface area contributed by atoms with Crippen LogP contribution in [0.5, 0.6) is 0 Å². The topological polar surface area (TPSA) is 75.9 Å². The van der Waals surface area contributed by atoms with Crippen LogP contribution in [-0.2, 0) is 0 Å². The molecule has 112 valence electrons. The molecule has 0 aliphatic heterocycles. The molecule has 0 unspecified atom stereocenters. The summed E-state index contributed by atoms with van der Waals surface area (Å²) in [5, 5.41) is 3.02. The first-order valence-corrected chi connectivity index (χ1v) is 6.80. The second-order valence-corrected chi connectivity index (χ2v) is 5.31. The van der Waals surface area contributed by atoms with E-state index in [0.29, 0.717) is 23.1 Å². The molecule has 1 heterocycles. The van der Waals surface area contributed by atoms with E-state index in [9.17, 15) is 4.39 Å². The average molecular weight is 289 g/mol. The fraction of sp³-hybridized carbons (Fsp3) is 0.333. The molecule has 6 heteroatoms. The van der Waals surface area contributed by atoms with Crippen molar-refractivity contribution in [3.8, 4) is 0 Å². The number of nitrogens with one attached hydrogen (secondary N) is 2. The summed E-state index contributed by atoms with van der Waals surface area (Å²) in [6.45, 7) is 7.65. The van der Waals surface area contributed by atoms with Crippen LogP contribution < -0.4 is 16.6 Å². The van der Waals surface area contributed by atoms with Crippen LogP contribution in [0, 0.1) is 19.7 Å². The molecule has 21 heavy (non-hydrogen) atoms. The lowest BCUT2D eigenvalue weighted by molar-refractivity contribution is 0.630. The molecule has 2 aromatic rings. The van der Waals surface area contributed by atoms with Crippen molar-refractivity contribution in [1.82, 2.24) is 9.97 Å². The molecule has 1 aromatic heterocycles. The van der Waals surface area contributed by atoms with Gasteiger partial charge in [-0.1, -0.05) is 19.9 Å². The number of hydrazine groups is 1.